The molecule has 374 valence electrons. The van der Waals surface area contributed by atoms with Gasteiger partial charge in [0.15, 0.2) is 0 Å². The van der Waals surface area contributed by atoms with Gasteiger partial charge in [-0.25, -0.2) is 4.57 Å². The highest BCUT2D eigenvalue weighted by Crippen LogP contribution is 2.43. The Labute approximate surface area is 392 Å². The van der Waals surface area contributed by atoms with Crippen LogP contribution in [0.25, 0.3) is 0 Å². The number of hydrogen-bond donors (Lipinski definition) is 3. The SMILES string of the molecule is CCCCCCCCCCC/C=C\C/C=C\CCCCCCCCCC(=O)NC(COP(=O)(O)OCC[N+](C)(C)C)C(O)CCCCCCCCCCCCCCCCCCCC. The molecule has 3 N–H and O–H groups in total. The first kappa shape index (κ1) is 62.0. The zero-order valence-corrected chi connectivity index (χ0v) is 43.5. The number of hydrogen-bond acceptors (Lipinski definition) is 5. The van der Waals surface area contributed by atoms with Crippen molar-refractivity contribution in [2.24, 2.45) is 0 Å². The van der Waals surface area contributed by atoms with Crippen LogP contribution in [0, 0.1) is 0 Å². The van der Waals surface area contributed by atoms with Gasteiger partial charge < -0.3 is 19.8 Å². The standard InChI is InChI=1S/C54H107N2O6P/c1-6-8-10-12-14-16-18-20-22-24-26-27-28-29-30-32-34-36-38-40-42-44-46-48-54(58)55-52(51-62-63(59,60)61-50-49-56(3,4)5)53(57)47-45-43-41-39-37-35-33-31-25-23-21-19-17-15-13-11-9-7-2/h26-27,29-30,52-53,57H,6-25,28,31-51H2,1-5H3,(H-,55,58,59,60)/p+1/b27-26-,30-29-. The van der Waals surface area contributed by atoms with Crippen molar-refractivity contribution in [3.8, 4) is 0 Å². The summed E-state index contributed by atoms with van der Waals surface area (Å²) in [5.74, 6) is -0.149. The lowest BCUT2D eigenvalue weighted by Gasteiger charge is -2.26. The Kier molecular flexibility index (Phi) is 45.4. The smallest absolute Gasteiger partial charge is 0.391 e. The second-order valence-electron chi connectivity index (χ2n) is 20.0. The van der Waals surface area contributed by atoms with Crippen molar-refractivity contribution in [2.75, 3.05) is 40.9 Å². The second-order valence-corrected chi connectivity index (χ2v) is 21.4. The van der Waals surface area contributed by atoms with E-state index in [0.29, 0.717) is 23.9 Å². The van der Waals surface area contributed by atoms with E-state index in [2.05, 4.69) is 43.5 Å². The molecule has 3 unspecified atom stereocenters. The van der Waals surface area contributed by atoms with Crippen LogP contribution < -0.4 is 5.32 Å². The number of quaternary nitrogens is 1. The average molecular weight is 912 g/mol. The fourth-order valence-corrected chi connectivity index (χ4v) is 8.87. The highest BCUT2D eigenvalue weighted by Gasteiger charge is 2.28. The minimum atomic E-state index is -4.32. The van der Waals surface area contributed by atoms with Gasteiger partial charge in [0.1, 0.15) is 13.2 Å². The van der Waals surface area contributed by atoms with Crippen LogP contribution in [0.1, 0.15) is 264 Å². The maximum atomic E-state index is 13.0. The van der Waals surface area contributed by atoms with Crippen molar-refractivity contribution in [1.29, 1.82) is 0 Å². The minimum Gasteiger partial charge on any atom is -0.391 e. The molecule has 0 saturated carbocycles. The Morgan fingerprint density at radius 1 is 0.540 bits per heavy atom. The third-order valence-electron chi connectivity index (χ3n) is 12.5. The molecule has 0 spiro atoms. The third kappa shape index (κ3) is 48.7. The number of unbranched alkanes of at least 4 members (excludes halogenated alkanes) is 33. The number of aliphatic hydroxyl groups is 1. The van der Waals surface area contributed by atoms with Crippen molar-refractivity contribution in [2.45, 2.75) is 276 Å². The normalized spacial score (nSPS) is 14.2. The van der Waals surface area contributed by atoms with E-state index in [4.69, 9.17) is 9.05 Å². The number of phosphoric ester groups is 1. The van der Waals surface area contributed by atoms with Gasteiger partial charge in [-0.1, -0.05) is 237 Å². The Bertz CT molecular complexity index is 1080. The van der Waals surface area contributed by atoms with Gasteiger partial charge in [-0.3, -0.25) is 13.8 Å². The Hall–Kier alpha value is -1.02. The van der Waals surface area contributed by atoms with Crippen LogP contribution in [0.4, 0.5) is 0 Å². The molecule has 0 bridgehead atoms. The number of phosphoric acid groups is 1. The van der Waals surface area contributed by atoms with Crippen LogP contribution in [0.3, 0.4) is 0 Å². The van der Waals surface area contributed by atoms with Crippen molar-refractivity contribution in [1.82, 2.24) is 5.32 Å². The predicted molar refractivity (Wildman–Crippen MR) is 272 cm³/mol. The number of carbonyl (C=O) groups excluding carboxylic acids is 1. The van der Waals surface area contributed by atoms with Gasteiger partial charge in [-0.15, -0.1) is 0 Å². The number of allylic oxidation sites excluding steroid dienone is 4. The molecule has 0 fully saturated rings. The lowest BCUT2D eigenvalue weighted by molar-refractivity contribution is -0.870. The topological polar surface area (TPSA) is 105 Å². The van der Waals surface area contributed by atoms with Crippen molar-refractivity contribution >= 4 is 13.7 Å². The molecule has 0 saturated heterocycles. The quantitative estimate of drug-likeness (QED) is 0.0243. The predicted octanol–water partition coefficient (Wildman–Crippen LogP) is 16.0. The Morgan fingerprint density at radius 2 is 0.905 bits per heavy atom. The first-order chi connectivity index (χ1) is 30.5. The van der Waals surface area contributed by atoms with E-state index < -0.39 is 20.0 Å². The molecule has 0 aromatic heterocycles. The first-order valence-electron chi connectivity index (χ1n) is 27.2. The fraction of sp³-hybridized carbons (Fsp3) is 0.907. The summed E-state index contributed by atoms with van der Waals surface area (Å²) in [5, 5.41) is 14.0. The molecular formula is C54H108N2O6P+. The van der Waals surface area contributed by atoms with Crippen LogP contribution in [0.5, 0.6) is 0 Å². The van der Waals surface area contributed by atoms with Crippen LogP contribution in [0.15, 0.2) is 24.3 Å². The van der Waals surface area contributed by atoms with Crippen LogP contribution in [0.2, 0.25) is 0 Å². The second kappa shape index (κ2) is 46.1. The molecule has 3 atom stereocenters. The summed E-state index contributed by atoms with van der Waals surface area (Å²) < 4.78 is 23.7. The lowest BCUT2D eigenvalue weighted by Crippen LogP contribution is -2.46. The number of amides is 1. The number of nitrogens with zero attached hydrogens (tertiary/aromatic N) is 1. The van der Waals surface area contributed by atoms with Crippen molar-refractivity contribution in [3.05, 3.63) is 24.3 Å². The molecule has 0 aliphatic heterocycles. The van der Waals surface area contributed by atoms with Gasteiger partial charge in [0.25, 0.3) is 0 Å². The molecule has 0 rings (SSSR count). The van der Waals surface area contributed by atoms with E-state index in [1.165, 1.54) is 186 Å². The van der Waals surface area contributed by atoms with Gasteiger partial charge in [0.2, 0.25) is 5.91 Å². The number of likely N-dealkylation sites (N-methyl/N-ethyl adjacent to an activating group) is 1. The summed E-state index contributed by atoms with van der Waals surface area (Å²) in [4.78, 5) is 23.3. The van der Waals surface area contributed by atoms with E-state index in [1.807, 2.05) is 21.1 Å². The van der Waals surface area contributed by atoms with Gasteiger partial charge in [0.05, 0.1) is 39.9 Å². The zero-order valence-electron chi connectivity index (χ0n) is 42.6. The summed E-state index contributed by atoms with van der Waals surface area (Å²) in [6.45, 7) is 4.91. The molecule has 63 heavy (non-hydrogen) atoms. The number of carbonyl (C=O) groups is 1. The Morgan fingerprint density at radius 3 is 1.30 bits per heavy atom. The fourth-order valence-electron chi connectivity index (χ4n) is 8.14. The summed E-state index contributed by atoms with van der Waals surface area (Å²) in [6.07, 6.45) is 56.5. The van der Waals surface area contributed by atoms with E-state index in [0.717, 1.165) is 51.4 Å². The molecule has 0 aliphatic rings. The molecule has 0 heterocycles. The van der Waals surface area contributed by atoms with Crippen molar-refractivity contribution in [3.63, 3.8) is 0 Å². The van der Waals surface area contributed by atoms with Gasteiger partial charge in [-0.05, 0) is 44.9 Å². The Balaban J connectivity index is 4.23. The van der Waals surface area contributed by atoms with E-state index in [1.54, 1.807) is 0 Å². The van der Waals surface area contributed by atoms with Crippen LogP contribution in [-0.2, 0) is 18.4 Å². The van der Waals surface area contributed by atoms with Crippen molar-refractivity contribution < 1.29 is 32.9 Å². The molecule has 0 aliphatic carbocycles. The monoisotopic (exact) mass is 912 g/mol. The molecule has 1 amide bonds. The van der Waals surface area contributed by atoms with Crippen LogP contribution >= 0.6 is 7.82 Å². The molecule has 0 aromatic rings. The van der Waals surface area contributed by atoms with Gasteiger partial charge in [-0.2, -0.15) is 0 Å². The first-order valence-corrected chi connectivity index (χ1v) is 28.7. The maximum absolute atomic E-state index is 13.0. The minimum absolute atomic E-state index is 0.0740. The number of rotatable bonds is 50. The highest BCUT2D eigenvalue weighted by atomic mass is 31.2. The number of aliphatic hydroxyl groups excluding tert-OH is 1. The summed E-state index contributed by atoms with van der Waals surface area (Å²) >= 11 is 0. The van der Waals surface area contributed by atoms with E-state index in [9.17, 15) is 19.4 Å². The molecule has 0 aromatic carbocycles. The van der Waals surface area contributed by atoms with Gasteiger partial charge in [0, 0.05) is 6.42 Å². The van der Waals surface area contributed by atoms with E-state index >= 15 is 0 Å². The zero-order chi connectivity index (χ0) is 46.4. The lowest BCUT2D eigenvalue weighted by atomic mass is 10.0. The molecular weight excluding hydrogens is 804 g/mol. The summed E-state index contributed by atoms with van der Waals surface area (Å²) in [5.41, 5.74) is 0. The average Bonchev–Trinajstić information content (AvgIpc) is 3.24. The molecule has 9 heteroatoms. The summed E-state index contributed by atoms with van der Waals surface area (Å²) in [7, 11) is 1.62. The maximum Gasteiger partial charge on any atom is 0.472 e. The summed E-state index contributed by atoms with van der Waals surface area (Å²) in [6, 6.07) is -0.764. The van der Waals surface area contributed by atoms with E-state index in [-0.39, 0.29) is 19.1 Å². The van der Waals surface area contributed by atoms with Crippen LogP contribution in [-0.4, -0.2) is 73.4 Å². The van der Waals surface area contributed by atoms with Gasteiger partial charge >= 0.3 is 7.82 Å². The highest BCUT2D eigenvalue weighted by molar-refractivity contribution is 7.47. The number of nitrogens with one attached hydrogen (secondary N) is 1. The molecule has 8 nitrogen and oxygen atoms in total. The largest absolute Gasteiger partial charge is 0.472 e. The third-order valence-corrected chi connectivity index (χ3v) is 13.4. The molecule has 0 radical (unpaired) electrons.